The van der Waals surface area contributed by atoms with Crippen molar-refractivity contribution in [1.82, 2.24) is 19.5 Å². The Morgan fingerprint density at radius 3 is 2.83 bits per heavy atom. The number of rotatable bonds is 2. The molecule has 4 heteroatoms. The van der Waals surface area contributed by atoms with Crippen molar-refractivity contribution in [2.75, 3.05) is 20.1 Å². The SMILES string of the molecule is Cc1ccn2c(CC3CCN(C)CC3)nnc2c1. The summed E-state index contributed by atoms with van der Waals surface area (Å²) in [7, 11) is 2.20. The van der Waals surface area contributed by atoms with Gasteiger partial charge in [-0.3, -0.25) is 4.40 Å². The van der Waals surface area contributed by atoms with Crippen LogP contribution in [0.5, 0.6) is 0 Å². The quantitative estimate of drug-likeness (QED) is 0.809. The number of likely N-dealkylation sites (tertiary alicyclic amines) is 1. The Bertz CT molecular complexity index is 538. The van der Waals surface area contributed by atoms with Crippen molar-refractivity contribution in [2.24, 2.45) is 5.92 Å². The van der Waals surface area contributed by atoms with Gasteiger partial charge in [0.05, 0.1) is 0 Å². The summed E-state index contributed by atoms with van der Waals surface area (Å²) in [5.41, 5.74) is 2.21. The number of aromatic nitrogens is 3. The Kier molecular flexibility index (Phi) is 3.04. The topological polar surface area (TPSA) is 33.4 Å². The average Bonchev–Trinajstić information content (AvgIpc) is 2.74. The largest absolute Gasteiger partial charge is 0.306 e. The van der Waals surface area contributed by atoms with Crippen molar-refractivity contribution in [3.05, 3.63) is 29.7 Å². The number of nitrogens with zero attached hydrogens (tertiary/aromatic N) is 4. The van der Waals surface area contributed by atoms with Crippen molar-refractivity contribution in [1.29, 1.82) is 0 Å². The summed E-state index contributed by atoms with van der Waals surface area (Å²) in [6, 6.07) is 4.21. The maximum Gasteiger partial charge on any atom is 0.161 e. The van der Waals surface area contributed by atoms with Crippen LogP contribution in [-0.2, 0) is 6.42 Å². The van der Waals surface area contributed by atoms with Gasteiger partial charge < -0.3 is 4.90 Å². The van der Waals surface area contributed by atoms with E-state index in [1.165, 1.54) is 31.5 Å². The van der Waals surface area contributed by atoms with Gasteiger partial charge in [-0.25, -0.2) is 0 Å². The zero-order chi connectivity index (χ0) is 12.5. The molecule has 3 heterocycles. The monoisotopic (exact) mass is 244 g/mol. The fraction of sp³-hybridized carbons (Fsp3) is 0.571. The van der Waals surface area contributed by atoms with Crippen LogP contribution >= 0.6 is 0 Å². The lowest BCUT2D eigenvalue weighted by Crippen LogP contribution is -2.31. The van der Waals surface area contributed by atoms with Gasteiger partial charge in [-0.05, 0) is 63.5 Å². The minimum absolute atomic E-state index is 0.759. The molecular formula is C14H20N4. The van der Waals surface area contributed by atoms with E-state index in [0.29, 0.717) is 0 Å². The summed E-state index contributed by atoms with van der Waals surface area (Å²) < 4.78 is 2.13. The molecule has 1 fully saturated rings. The second-order valence-electron chi connectivity index (χ2n) is 5.50. The minimum Gasteiger partial charge on any atom is -0.306 e. The standard InChI is InChI=1S/C14H20N4/c1-11-3-8-18-13(9-11)15-16-14(18)10-12-4-6-17(2)7-5-12/h3,8-9,12H,4-7,10H2,1-2H3. The molecule has 2 aromatic heterocycles. The van der Waals surface area contributed by atoms with Gasteiger partial charge in [-0.1, -0.05) is 0 Å². The third kappa shape index (κ3) is 2.25. The zero-order valence-corrected chi connectivity index (χ0v) is 11.1. The van der Waals surface area contributed by atoms with Crippen LogP contribution in [0.3, 0.4) is 0 Å². The van der Waals surface area contributed by atoms with Crippen LogP contribution in [0.25, 0.3) is 5.65 Å². The van der Waals surface area contributed by atoms with E-state index in [-0.39, 0.29) is 0 Å². The van der Waals surface area contributed by atoms with Crippen LogP contribution in [0, 0.1) is 12.8 Å². The molecule has 0 radical (unpaired) electrons. The third-order valence-electron chi connectivity index (χ3n) is 3.95. The van der Waals surface area contributed by atoms with Crippen molar-refractivity contribution < 1.29 is 0 Å². The van der Waals surface area contributed by atoms with Gasteiger partial charge in [0.25, 0.3) is 0 Å². The van der Waals surface area contributed by atoms with Crippen LogP contribution in [0.2, 0.25) is 0 Å². The molecule has 18 heavy (non-hydrogen) atoms. The molecule has 0 amide bonds. The van der Waals surface area contributed by atoms with Gasteiger partial charge in [-0.2, -0.15) is 0 Å². The predicted molar refractivity (Wildman–Crippen MR) is 71.6 cm³/mol. The van der Waals surface area contributed by atoms with Gasteiger partial charge in [0.2, 0.25) is 0 Å². The normalized spacial score (nSPS) is 18.6. The number of hydrogen-bond donors (Lipinski definition) is 0. The van der Waals surface area contributed by atoms with Crippen LogP contribution < -0.4 is 0 Å². The Morgan fingerprint density at radius 2 is 2.06 bits per heavy atom. The van der Waals surface area contributed by atoms with Crippen LogP contribution in [-0.4, -0.2) is 39.6 Å². The second-order valence-corrected chi connectivity index (χ2v) is 5.50. The molecule has 2 aromatic rings. The molecular weight excluding hydrogens is 224 g/mol. The van der Waals surface area contributed by atoms with Crippen molar-refractivity contribution in [3.8, 4) is 0 Å². The fourth-order valence-electron chi connectivity index (χ4n) is 2.71. The fourth-order valence-corrected chi connectivity index (χ4v) is 2.71. The first-order valence-electron chi connectivity index (χ1n) is 6.71. The summed E-state index contributed by atoms with van der Waals surface area (Å²) in [5, 5.41) is 8.61. The Labute approximate surface area is 108 Å². The predicted octanol–water partition coefficient (Wildman–Crippen LogP) is 1.92. The molecule has 1 saturated heterocycles. The van der Waals surface area contributed by atoms with E-state index in [1.54, 1.807) is 0 Å². The average molecular weight is 244 g/mol. The molecule has 0 atom stereocenters. The molecule has 0 aliphatic carbocycles. The smallest absolute Gasteiger partial charge is 0.161 e. The summed E-state index contributed by atoms with van der Waals surface area (Å²) in [6.07, 6.45) is 5.70. The molecule has 0 unspecified atom stereocenters. The number of hydrogen-bond acceptors (Lipinski definition) is 3. The highest BCUT2D eigenvalue weighted by Gasteiger charge is 2.19. The van der Waals surface area contributed by atoms with E-state index in [9.17, 15) is 0 Å². The van der Waals surface area contributed by atoms with E-state index in [0.717, 1.165) is 23.8 Å². The molecule has 3 rings (SSSR count). The summed E-state index contributed by atoms with van der Waals surface area (Å²) >= 11 is 0. The zero-order valence-electron chi connectivity index (χ0n) is 11.1. The molecule has 96 valence electrons. The van der Waals surface area contributed by atoms with Crippen molar-refractivity contribution >= 4 is 5.65 Å². The van der Waals surface area contributed by atoms with Crippen molar-refractivity contribution in [3.63, 3.8) is 0 Å². The van der Waals surface area contributed by atoms with E-state index in [1.807, 2.05) is 0 Å². The number of aryl methyl sites for hydroxylation is 1. The highest BCUT2D eigenvalue weighted by atomic mass is 15.2. The molecule has 0 bridgehead atoms. The Balaban J connectivity index is 1.78. The van der Waals surface area contributed by atoms with E-state index >= 15 is 0 Å². The van der Waals surface area contributed by atoms with E-state index in [4.69, 9.17) is 0 Å². The third-order valence-corrected chi connectivity index (χ3v) is 3.95. The van der Waals surface area contributed by atoms with E-state index in [2.05, 4.69) is 51.8 Å². The van der Waals surface area contributed by atoms with Gasteiger partial charge in [-0.15, -0.1) is 10.2 Å². The highest BCUT2D eigenvalue weighted by molar-refractivity contribution is 5.40. The first kappa shape index (κ1) is 11.7. The van der Waals surface area contributed by atoms with Gasteiger partial charge in [0.15, 0.2) is 5.65 Å². The molecule has 0 aromatic carbocycles. The van der Waals surface area contributed by atoms with Crippen LogP contribution in [0.1, 0.15) is 24.2 Å². The van der Waals surface area contributed by atoms with Crippen LogP contribution in [0.4, 0.5) is 0 Å². The van der Waals surface area contributed by atoms with Crippen LogP contribution in [0.15, 0.2) is 18.3 Å². The second kappa shape index (κ2) is 4.69. The van der Waals surface area contributed by atoms with E-state index < -0.39 is 0 Å². The molecule has 1 aliphatic heterocycles. The summed E-state index contributed by atoms with van der Waals surface area (Å²) in [4.78, 5) is 2.40. The molecule has 4 nitrogen and oxygen atoms in total. The maximum absolute atomic E-state index is 4.35. The summed E-state index contributed by atoms with van der Waals surface area (Å²) in [6.45, 7) is 4.51. The maximum atomic E-state index is 4.35. The first-order valence-corrected chi connectivity index (χ1v) is 6.71. The number of pyridine rings is 1. The van der Waals surface area contributed by atoms with Gasteiger partial charge >= 0.3 is 0 Å². The number of fused-ring (bicyclic) bond motifs is 1. The van der Waals surface area contributed by atoms with Gasteiger partial charge in [0, 0.05) is 12.6 Å². The molecule has 0 saturated carbocycles. The lowest BCUT2D eigenvalue weighted by molar-refractivity contribution is 0.217. The Morgan fingerprint density at radius 1 is 1.28 bits per heavy atom. The minimum atomic E-state index is 0.759. The molecule has 0 N–H and O–H groups in total. The van der Waals surface area contributed by atoms with Gasteiger partial charge in [0.1, 0.15) is 5.82 Å². The lowest BCUT2D eigenvalue weighted by atomic mass is 9.93. The molecule has 1 aliphatic rings. The Hall–Kier alpha value is -1.42. The summed E-state index contributed by atoms with van der Waals surface area (Å²) in [5.74, 6) is 1.87. The number of piperidine rings is 1. The van der Waals surface area contributed by atoms with Crippen molar-refractivity contribution in [2.45, 2.75) is 26.2 Å². The highest BCUT2D eigenvalue weighted by Crippen LogP contribution is 2.20. The lowest BCUT2D eigenvalue weighted by Gasteiger charge is -2.28. The molecule has 0 spiro atoms. The first-order chi connectivity index (χ1) is 8.72.